The second kappa shape index (κ2) is 34.2. The number of hydrogen-bond donors (Lipinski definition) is 8. The molecule has 25 heteroatoms. The molecule has 1 unspecified atom stereocenters. The zero-order valence-corrected chi connectivity index (χ0v) is 34.4. The van der Waals surface area contributed by atoms with Crippen LogP contribution in [0.2, 0.25) is 0 Å². The normalized spacial score (nSPS) is 11.7. The first-order valence-corrected chi connectivity index (χ1v) is 19.8. The molecular formula is C32H52BrCl2N7O15. The Morgan fingerprint density at radius 2 is 1.05 bits per heavy atom. The third-order valence-electron chi connectivity index (χ3n) is 7.03. The largest absolute Gasteiger partial charge is 0.481 e. The monoisotopic (exact) mass is 923 g/mol. The molecule has 0 saturated heterocycles. The average molecular weight is 926 g/mol. The molecule has 0 aromatic carbocycles. The number of amides is 7. The second-order valence-corrected chi connectivity index (χ2v) is 12.6. The highest BCUT2D eigenvalue weighted by Crippen LogP contribution is 2.01. The maximum atomic E-state index is 12.8. The van der Waals surface area contributed by atoms with Gasteiger partial charge in [0, 0.05) is 52.1 Å². The highest BCUT2D eigenvalue weighted by Gasteiger charge is 2.23. The molecule has 0 aliphatic rings. The number of alkyl halides is 3. The fourth-order valence-electron chi connectivity index (χ4n) is 4.23. The summed E-state index contributed by atoms with van der Waals surface area (Å²) in [4.78, 5) is 108. The number of nitrogens with one attached hydrogen (secondary N) is 6. The minimum absolute atomic E-state index is 0.0179. The predicted octanol–water partition coefficient (Wildman–Crippen LogP) is -3.08. The fraction of sp³-hybridized carbons (Fsp3) is 0.719. The van der Waals surface area contributed by atoms with E-state index in [1.807, 2.05) is 0 Å². The first-order valence-electron chi connectivity index (χ1n) is 17.6. The van der Waals surface area contributed by atoms with Crippen molar-refractivity contribution in [2.24, 2.45) is 0 Å². The number of ether oxygens (including phenoxy) is 4. The van der Waals surface area contributed by atoms with Gasteiger partial charge >= 0.3 is 11.9 Å². The lowest BCUT2D eigenvalue weighted by Crippen LogP contribution is -2.50. The van der Waals surface area contributed by atoms with Crippen molar-refractivity contribution in [1.82, 2.24) is 36.8 Å². The van der Waals surface area contributed by atoms with Gasteiger partial charge in [-0.3, -0.25) is 38.4 Å². The number of nitrogens with zero attached hydrogens (tertiary/aromatic N) is 1. The third-order valence-corrected chi connectivity index (χ3v) is 8.01. The Morgan fingerprint density at radius 1 is 0.561 bits per heavy atom. The number of halogens is 3. The summed E-state index contributed by atoms with van der Waals surface area (Å²) < 4.78 is 20.9. The van der Waals surface area contributed by atoms with Crippen LogP contribution >= 0.6 is 39.1 Å². The van der Waals surface area contributed by atoms with Gasteiger partial charge in [-0.05, 0) is 12.8 Å². The molecule has 0 fully saturated rings. The van der Waals surface area contributed by atoms with E-state index in [-0.39, 0.29) is 115 Å². The van der Waals surface area contributed by atoms with Gasteiger partial charge in [-0.15, -0.1) is 23.2 Å². The van der Waals surface area contributed by atoms with Crippen LogP contribution in [0, 0.1) is 0 Å². The minimum Gasteiger partial charge on any atom is -0.481 e. The predicted molar refractivity (Wildman–Crippen MR) is 205 cm³/mol. The lowest BCUT2D eigenvalue weighted by Gasteiger charge is -2.23. The lowest BCUT2D eigenvalue weighted by atomic mass is 10.1. The van der Waals surface area contributed by atoms with Crippen LogP contribution in [-0.4, -0.2) is 190 Å². The van der Waals surface area contributed by atoms with Crippen molar-refractivity contribution in [1.29, 1.82) is 0 Å². The summed E-state index contributed by atoms with van der Waals surface area (Å²) in [7, 11) is 0. The highest BCUT2D eigenvalue weighted by molar-refractivity contribution is 9.09. The van der Waals surface area contributed by atoms with Gasteiger partial charge in [0.05, 0.1) is 45.0 Å². The van der Waals surface area contributed by atoms with Crippen molar-refractivity contribution < 1.29 is 72.3 Å². The van der Waals surface area contributed by atoms with Crippen molar-refractivity contribution in [2.75, 3.05) is 109 Å². The number of rotatable bonds is 35. The smallest absolute Gasteiger partial charge is 0.326 e. The summed E-state index contributed by atoms with van der Waals surface area (Å²) in [5, 5.41) is 33.5. The van der Waals surface area contributed by atoms with E-state index in [1.54, 1.807) is 0 Å². The summed E-state index contributed by atoms with van der Waals surface area (Å²) >= 11 is 14.1. The Balaban J connectivity index is 4.35. The second-order valence-electron chi connectivity index (χ2n) is 11.5. The van der Waals surface area contributed by atoms with Gasteiger partial charge in [-0.1, -0.05) is 15.9 Å². The summed E-state index contributed by atoms with van der Waals surface area (Å²) in [6, 6.07) is -2.55. The van der Waals surface area contributed by atoms with E-state index in [1.165, 1.54) is 4.90 Å². The molecular weight excluding hydrogens is 873 g/mol. The van der Waals surface area contributed by atoms with E-state index in [2.05, 4.69) is 47.8 Å². The minimum atomic E-state index is -1.33. The van der Waals surface area contributed by atoms with E-state index in [9.17, 15) is 48.3 Å². The van der Waals surface area contributed by atoms with E-state index < -0.39 is 79.1 Å². The van der Waals surface area contributed by atoms with Crippen LogP contribution in [0.3, 0.4) is 0 Å². The fourth-order valence-corrected chi connectivity index (χ4v) is 4.69. The third kappa shape index (κ3) is 30.0. The average Bonchev–Trinajstić information content (AvgIpc) is 3.18. The Bertz CT molecular complexity index is 1290. The van der Waals surface area contributed by atoms with Crippen molar-refractivity contribution in [3.63, 3.8) is 0 Å². The summed E-state index contributed by atoms with van der Waals surface area (Å²) in [5.41, 5.74) is 0. The van der Waals surface area contributed by atoms with Gasteiger partial charge in [0.25, 0.3) is 0 Å². The van der Waals surface area contributed by atoms with Crippen molar-refractivity contribution in [2.45, 2.75) is 37.8 Å². The number of hydrogen-bond acceptors (Lipinski definition) is 13. The van der Waals surface area contributed by atoms with Gasteiger partial charge in [-0.25, -0.2) is 4.79 Å². The van der Waals surface area contributed by atoms with E-state index >= 15 is 0 Å². The van der Waals surface area contributed by atoms with Crippen LogP contribution in [0.25, 0.3) is 0 Å². The quantitative estimate of drug-likeness (QED) is 0.0231. The zero-order valence-electron chi connectivity index (χ0n) is 31.3. The summed E-state index contributed by atoms with van der Waals surface area (Å²) in [6.45, 7) is 0.134. The molecule has 0 radical (unpaired) electrons. The SMILES string of the molecule is O=C(O)CCC(NC(=O)COCCOCCNC(=O)CC[C@@H](NC(=O)COCCOCCNC(=O)CBr)C(=O)O)C(=O)NCCN(CCNC(=O)CCl)C(=O)CCl. The van der Waals surface area contributed by atoms with E-state index in [0.717, 1.165) is 0 Å². The van der Waals surface area contributed by atoms with Crippen LogP contribution < -0.4 is 31.9 Å². The molecule has 22 nitrogen and oxygen atoms in total. The maximum absolute atomic E-state index is 12.8. The van der Waals surface area contributed by atoms with Gasteiger partial charge in [0.15, 0.2) is 0 Å². The van der Waals surface area contributed by atoms with Crippen molar-refractivity contribution >= 4 is 92.4 Å². The maximum Gasteiger partial charge on any atom is 0.326 e. The molecule has 0 rings (SSSR count). The molecule has 0 aromatic heterocycles. The number of aliphatic carboxylic acids is 2. The lowest BCUT2D eigenvalue weighted by molar-refractivity contribution is -0.143. The molecule has 0 saturated carbocycles. The Labute approximate surface area is 347 Å². The van der Waals surface area contributed by atoms with Crippen LogP contribution in [0.4, 0.5) is 0 Å². The van der Waals surface area contributed by atoms with Gasteiger partial charge < -0.3 is 66.0 Å². The molecule has 0 heterocycles. The van der Waals surface area contributed by atoms with E-state index in [4.69, 9.17) is 47.3 Å². The van der Waals surface area contributed by atoms with Crippen LogP contribution in [0.15, 0.2) is 0 Å². The number of carboxylic acid groups (broad SMARTS) is 2. The Kier molecular flexibility index (Phi) is 31.9. The Hall–Kier alpha value is -3.87. The summed E-state index contributed by atoms with van der Waals surface area (Å²) in [5.74, 6) is -6.74. The number of carbonyl (C=O) groups excluding carboxylic acids is 7. The van der Waals surface area contributed by atoms with Crippen LogP contribution in [0.5, 0.6) is 0 Å². The first kappa shape index (κ1) is 53.1. The van der Waals surface area contributed by atoms with Crippen molar-refractivity contribution in [3.8, 4) is 0 Å². The van der Waals surface area contributed by atoms with Gasteiger partial charge in [0.2, 0.25) is 41.4 Å². The molecule has 0 aromatic rings. The van der Waals surface area contributed by atoms with Gasteiger partial charge in [0.1, 0.15) is 37.1 Å². The Morgan fingerprint density at radius 3 is 1.56 bits per heavy atom. The first-order chi connectivity index (χ1) is 27.2. The molecule has 0 aliphatic carbocycles. The molecule has 57 heavy (non-hydrogen) atoms. The van der Waals surface area contributed by atoms with Crippen LogP contribution in [-0.2, 0) is 62.1 Å². The molecule has 7 amide bonds. The molecule has 0 aliphatic heterocycles. The zero-order chi connectivity index (χ0) is 42.8. The molecule has 0 bridgehead atoms. The summed E-state index contributed by atoms with van der Waals surface area (Å²) in [6.07, 6.45) is -1.04. The van der Waals surface area contributed by atoms with Crippen LogP contribution in [0.1, 0.15) is 25.7 Å². The topological polar surface area (TPSA) is 306 Å². The van der Waals surface area contributed by atoms with E-state index in [0.29, 0.717) is 6.54 Å². The molecule has 0 spiro atoms. The molecule has 326 valence electrons. The molecule has 2 atom stereocenters. The molecule has 8 N–H and O–H groups in total. The van der Waals surface area contributed by atoms with Gasteiger partial charge in [-0.2, -0.15) is 0 Å². The number of carboxylic acids is 2. The number of carbonyl (C=O) groups is 9. The highest BCUT2D eigenvalue weighted by atomic mass is 79.9. The van der Waals surface area contributed by atoms with Crippen molar-refractivity contribution in [3.05, 3.63) is 0 Å². The standard InChI is InChI=1S/C32H52BrCl2N7O15/c33-17-25(44)38-8-12-55-14-16-57-21-28(47)41-23(32(52)53)1-3-24(43)37-7-11-54-13-15-56-20-27(46)40-22(2-4-30(49)50)31(51)39-6-10-42(29(48)19-35)9-5-36-26(45)18-34/h22-23H,1-21H2,(H,36,45)(H,37,43)(H,38,44)(H,39,51)(H,40,46)(H,41,47)(H,49,50)(H,52,53)/t22?,23-/m1/s1.